The van der Waals surface area contributed by atoms with Crippen molar-refractivity contribution < 1.29 is 41.0 Å². The Morgan fingerprint density at radius 1 is 0.949 bits per heavy atom. The number of likely N-dealkylation sites (N-methyl/N-ethyl adjacent to an activating group) is 1. The first kappa shape index (κ1) is 29.8. The topological polar surface area (TPSA) is 69.6 Å². The van der Waals surface area contributed by atoms with Gasteiger partial charge in [0.05, 0.1) is 11.1 Å². The van der Waals surface area contributed by atoms with E-state index in [9.17, 15) is 35.9 Å². The van der Waals surface area contributed by atoms with E-state index < -0.39 is 47.4 Å². The lowest BCUT2D eigenvalue weighted by atomic mass is 9.97. The largest absolute Gasteiger partial charge is 0.480 e. The summed E-state index contributed by atoms with van der Waals surface area (Å²) < 4.78 is 83.6. The number of aryl methyl sites for hydroxylation is 1. The Balaban J connectivity index is 2.01. The van der Waals surface area contributed by atoms with Crippen LogP contribution in [0.4, 0.5) is 32.0 Å². The van der Waals surface area contributed by atoms with Crippen LogP contribution in [0.25, 0.3) is 11.1 Å². The number of nitrogens with one attached hydrogen (secondary N) is 1. The van der Waals surface area contributed by atoms with E-state index in [0.29, 0.717) is 21.6 Å². The lowest BCUT2D eigenvalue weighted by Gasteiger charge is -2.24. The number of hydrogen-bond donors (Lipinski definition) is 2. The molecule has 3 aromatic rings. The number of benzene rings is 3. The summed E-state index contributed by atoms with van der Waals surface area (Å²) in [7, 11) is 1.07. The van der Waals surface area contributed by atoms with E-state index in [4.69, 9.17) is 16.7 Å². The molecule has 0 bridgehead atoms. The molecule has 0 aliphatic rings. The van der Waals surface area contributed by atoms with Gasteiger partial charge >= 0.3 is 18.3 Å². The molecule has 0 aliphatic carbocycles. The molecule has 0 spiro atoms. The van der Waals surface area contributed by atoms with Gasteiger partial charge in [-0.05, 0) is 66.4 Å². The summed E-state index contributed by atoms with van der Waals surface area (Å²) in [4.78, 5) is 24.6. The number of hydrogen-bond acceptors (Lipinski definition) is 3. The van der Waals surface area contributed by atoms with E-state index >= 15 is 0 Å². The Hall–Kier alpha value is -3.73. The van der Waals surface area contributed by atoms with Crippen LogP contribution in [0.5, 0.6) is 0 Å². The molecule has 0 radical (unpaired) electrons. The van der Waals surface area contributed by atoms with Gasteiger partial charge in [0.25, 0.3) is 5.91 Å². The van der Waals surface area contributed by atoms with Crippen molar-refractivity contribution in [2.45, 2.75) is 38.3 Å². The third kappa shape index (κ3) is 6.83. The van der Waals surface area contributed by atoms with Crippen molar-refractivity contribution in [1.29, 1.82) is 0 Å². The molecule has 12 heteroatoms. The van der Waals surface area contributed by atoms with Crippen molar-refractivity contribution in [1.82, 2.24) is 4.90 Å². The Labute approximate surface area is 225 Å². The van der Waals surface area contributed by atoms with Crippen LogP contribution >= 0.6 is 11.6 Å². The lowest BCUT2D eigenvalue weighted by molar-refractivity contribution is -0.144. The van der Waals surface area contributed by atoms with E-state index in [0.717, 1.165) is 20.0 Å². The molecule has 0 saturated carbocycles. The first-order valence-electron chi connectivity index (χ1n) is 11.4. The van der Waals surface area contributed by atoms with E-state index in [1.54, 1.807) is 6.92 Å². The van der Waals surface area contributed by atoms with Gasteiger partial charge in [0.2, 0.25) is 0 Å². The number of carboxylic acids is 1. The average Bonchev–Trinajstić information content (AvgIpc) is 2.86. The highest BCUT2D eigenvalue weighted by Crippen LogP contribution is 2.39. The summed E-state index contributed by atoms with van der Waals surface area (Å²) in [6, 6.07) is 8.60. The minimum atomic E-state index is -4.97. The van der Waals surface area contributed by atoms with Crippen LogP contribution in [0.15, 0.2) is 60.7 Å². The molecule has 0 aliphatic heterocycles. The summed E-state index contributed by atoms with van der Waals surface area (Å²) in [5.74, 6) is -2.54. The van der Waals surface area contributed by atoms with Crippen LogP contribution in [0.1, 0.15) is 40.0 Å². The van der Waals surface area contributed by atoms with E-state index in [-0.39, 0.29) is 22.4 Å². The number of carboxylic acid groups (broad SMARTS) is 1. The second kappa shape index (κ2) is 11.2. The second-order valence-corrected chi connectivity index (χ2v) is 9.30. The van der Waals surface area contributed by atoms with Gasteiger partial charge in [0.15, 0.2) is 0 Å². The van der Waals surface area contributed by atoms with Crippen LogP contribution in [0.3, 0.4) is 0 Å². The number of alkyl halides is 6. The SMILES string of the molecule is Cc1cc(C(Nc2cccc(-c3ccc(C(=O)N(C)[C@@H](C)C(=O)O)c(C(F)(F)F)c3)c2)C(F)(F)F)ccc1Cl. The van der Waals surface area contributed by atoms with Gasteiger partial charge < -0.3 is 15.3 Å². The second-order valence-electron chi connectivity index (χ2n) is 8.90. The molecule has 3 rings (SSSR count). The molecule has 5 nitrogen and oxygen atoms in total. The Bertz CT molecular complexity index is 1390. The fourth-order valence-corrected chi connectivity index (χ4v) is 3.95. The van der Waals surface area contributed by atoms with Crippen LogP contribution in [0.2, 0.25) is 5.02 Å². The molecule has 0 saturated heterocycles. The third-order valence-corrected chi connectivity index (χ3v) is 6.59. The van der Waals surface area contributed by atoms with Crippen molar-refractivity contribution in [3.8, 4) is 11.1 Å². The molecular weight excluding hydrogens is 550 g/mol. The van der Waals surface area contributed by atoms with Gasteiger partial charge in [-0.1, -0.05) is 41.9 Å². The molecule has 2 atom stereocenters. The number of halogens is 7. The third-order valence-electron chi connectivity index (χ3n) is 6.16. The van der Waals surface area contributed by atoms with Crippen molar-refractivity contribution in [3.05, 3.63) is 87.9 Å². The smallest absolute Gasteiger partial charge is 0.417 e. The summed E-state index contributed by atoms with van der Waals surface area (Å²) >= 11 is 5.94. The average molecular weight is 573 g/mol. The zero-order valence-electron chi connectivity index (χ0n) is 20.8. The van der Waals surface area contributed by atoms with E-state index in [1.165, 1.54) is 48.5 Å². The van der Waals surface area contributed by atoms with Crippen molar-refractivity contribution in [2.75, 3.05) is 12.4 Å². The molecule has 39 heavy (non-hydrogen) atoms. The maximum absolute atomic E-state index is 13.9. The van der Waals surface area contributed by atoms with Crippen molar-refractivity contribution >= 4 is 29.2 Å². The molecule has 3 aromatic carbocycles. The molecule has 2 N–H and O–H groups in total. The summed E-state index contributed by atoms with van der Waals surface area (Å²) in [6.45, 7) is 2.71. The predicted octanol–water partition coefficient (Wildman–Crippen LogP) is 7.59. The molecule has 0 fully saturated rings. The molecule has 0 heterocycles. The number of nitrogens with zero attached hydrogens (tertiary/aromatic N) is 1. The fraction of sp³-hybridized carbons (Fsp3) is 0.259. The predicted molar refractivity (Wildman–Crippen MR) is 135 cm³/mol. The Morgan fingerprint density at radius 2 is 1.59 bits per heavy atom. The standard InChI is InChI=1S/C27H23ClF6N2O3/c1-14-11-18(8-10-22(14)28)23(27(32,33)34)35-19-6-4-5-16(12-19)17-7-9-20(21(13-17)26(29,30)31)24(37)36(3)15(2)25(38)39/h4-13,15,23,35H,1-3H3,(H,38,39)/t15-,23?/m0/s1. The zero-order valence-corrected chi connectivity index (χ0v) is 21.5. The summed E-state index contributed by atoms with van der Waals surface area (Å²) in [5, 5.41) is 11.8. The number of aliphatic carboxylic acids is 1. The van der Waals surface area contributed by atoms with Gasteiger partial charge in [0, 0.05) is 17.8 Å². The molecule has 1 unspecified atom stereocenters. The van der Waals surface area contributed by atoms with Gasteiger partial charge in [0.1, 0.15) is 12.1 Å². The molecule has 208 valence electrons. The van der Waals surface area contributed by atoms with Crippen molar-refractivity contribution in [3.63, 3.8) is 0 Å². The van der Waals surface area contributed by atoms with Crippen LogP contribution in [-0.2, 0) is 11.0 Å². The molecule has 0 aromatic heterocycles. The Kier molecular flexibility index (Phi) is 8.54. The van der Waals surface area contributed by atoms with Gasteiger partial charge in [-0.3, -0.25) is 4.79 Å². The van der Waals surface area contributed by atoms with Crippen LogP contribution in [-0.4, -0.2) is 41.1 Å². The first-order chi connectivity index (χ1) is 18.0. The van der Waals surface area contributed by atoms with Gasteiger partial charge in [-0.2, -0.15) is 26.3 Å². The quantitative estimate of drug-likeness (QED) is 0.286. The fourth-order valence-electron chi connectivity index (χ4n) is 3.83. The zero-order chi connectivity index (χ0) is 29.3. The van der Waals surface area contributed by atoms with Crippen LogP contribution < -0.4 is 5.32 Å². The highest BCUT2D eigenvalue weighted by molar-refractivity contribution is 6.31. The van der Waals surface area contributed by atoms with Crippen LogP contribution in [0, 0.1) is 6.92 Å². The van der Waals surface area contributed by atoms with E-state index in [1.807, 2.05) is 0 Å². The lowest BCUT2D eigenvalue weighted by Crippen LogP contribution is -2.40. The Morgan fingerprint density at radius 3 is 2.15 bits per heavy atom. The summed E-state index contributed by atoms with van der Waals surface area (Å²) in [6.07, 6.45) is -9.68. The van der Waals surface area contributed by atoms with Crippen molar-refractivity contribution in [2.24, 2.45) is 0 Å². The van der Waals surface area contributed by atoms with Gasteiger partial charge in [-0.25, -0.2) is 4.79 Å². The highest BCUT2D eigenvalue weighted by atomic mass is 35.5. The normalized spacial score (nSPS) is 13.5. The minimum Gasteiger partial charge on any atom is -0.480 e. The monoisotopic (exact) mass is 572 g/mol. The van der Waals surface area contributed by atoms with Gasteiger partial charge in [-0.15, -0.1) is 0 Å². The number of anilines is 1. The number of carbonyl (C=O) groups excluding carboxylic acids is 1. The summed E-state index contributed by atoms with van der Waals surface area (Å²) in [5.41, 5.74) is -1.59. The number of rotatable bonds is 7. The number of amides is 1. The van der Waals surface area contributed by atoms with E-state index in [2.05, 4.69) is 5.32 Å². The maximum Gasteiger partial charge on any atom is 0.417 e. The minimum absolute atomic E-state index is 0.00819. The number of carbonyl (C=O) groups is 2. The maximum atomic E-state index is 13.9. The molecular formula is C27H23ClF6N2O3. The highest BCUT2D eigenvalue weighted by Gasteiger charge is 2.41. The first-order valence-corrected chi connectivity index (χ1v) is 11.8. The molecule has 1 amide bonds.